The van der Waals surface area contributed by atoms with Gasteiger partial charge in [-0.25, -0.2) is 4.39 Å². The van der Waals surface area contributed by atoms with Gasteiger partial charge < -0.3 is 9.47 Å². The number of halogens is 1. The first-order valence-electron chi connectivity index (χ1n) is 8.21. The number of nitrogens with zero attached hydrogens (tertiary/aromatic N) is 2. The minimum absolute atomic E-state index is 0.326. The van der Waals surface area contributed by atoms with Crippen molar-refractivity contribution in [3.63, 3.8) is 0 Å². The fourth-order valence-electron chi connectivity index (χ4n) is 3.00. The normalized spacial score (nSPS) is 17.1. The van der Waals surface area contributed by atoms with E-state index in [0.717, 1.165) is 36.8 Å². The number of benzene rings is 1. The van der Waals surface area contributed by atoms with Crippen molar-refractivity contribution < 1.29 is 13.9 Å². The lowest BCUT2D eigenvalue weighted by Gasteiger charge is -2.29. The molecule has 1 aromatic carbocycles. The van der Waals surface area contributed by atoms with E-state index in [9.17, 15) is 4.39 Å². The zero-order valence-corrected chi connectivity index (χ0v) is 13.5. The molecule has 5 heteroatoms. The molecular formula is C18H23FN2O2. The monoisotopic (exact) mass is 318 g/mol. The Balaban J connectivity index is 1.61. The van der Waals surface area contributed by atoms with E-state index in [1.54, 1.807) is 13.3 Å². The molecule has 3 rings (SSSR count). The van der Waals surface area contributed by atoms with Crippen molar-refractivity contribution in [1.82, 2.24) is 9.88 Å². The fourth-order valence-corrected chi connectivity index (χ4v) is 3.00. The smallest absolute Gasteiger partial charge is 0.163 e. The van der Waals surface area contributed by atoms with Gasteiger partial charge in [-0.3, -0.25) is 9.88 Å². The van der Waals surface area contributed by atoms with Crippen LogP contribution in [0.15, 0.2) is 30.5 Å². The van der Waals surface area contributed by atoms with Crippen LogP contribution in [0, 0.1) is 0 Å². The third-order valence-electron chi connectivity index (χ3n) is 4.29. The first-order valence-corrected chi connectivity index (χ1v) is 8.21. The summed E-state index contributed by atoms with van der Waals surface area (Å²) in [5.74, 6) is 1.27. The number of hydrogen-bond donors (Lipinski definition) is 0. The molecule has 23 heavy (non-hydrogen) atoms. The molecule has 0 N–H and O–H groups in total. The van der Waals surface area contributed by atoms with Crippen LogP contribution in [0.4, 0.5) is 4.39 Å². The molecule has 1 aromatic heterocycles. The summed E-state index contributed by atoms with van der Waals surface area (Å²) in [7, 11) is 1.61. The third kappa shape index (κ3) is 3.91. The molecule has 1 aliphatic heterocycles. The van der Waals surface area contributed by atoms with Gasteiger partial charge in [0.2, 0.25) is 0 Å². The van der Waals surface area contributed by atoms with Gasteiger partial charge in [0.1, 0.15) is 0 Å². The van der Waals surface area contributed by atoms with Gasteiger partial charge in [-0.15, -0.1) is 0 Å². The molecule has 0 amide bonds. The maximum absolute atomic E-state index is 14.2. The summed E-state index contributed by atoms with van der Waals surface area (Å²) in [6.45, 7) is 2.03. The molecular weight excluding hydrogens is 295 g/mol. The van der Waals surface area contributed by atoms with E-state index in [0.29, 0.717) is 24.5 Å². The maximum Gasteiger partial charge on any atom is 0.163 e. The van der Waals surface area contributed by atoms with Gasteiger partial charge in [-0.2, -0.15) is 0 Å². The van der Waals surface area contributed by atoms with Crippen molar-refractivity contribution in [2.24, 2.45) is 0 Å². The SMILES string of the molecule is COc1cc2cccnc2cc1OCCC(F)N1CCCCC1. The van der Waals surface area contributed by atoms with Gasteiger partial charge in [0, 0.05) is 37.2 Å². The van der Waals surface area contributed by atoms with E-state index in [4.69, 9.17) is 9.47 Å². The van der Waals surface area contributed by atoms with Crippen molar-refractivity contribution in [2.75, 3.05) is 26.8 Å². The number of fused-ring (bicyclic) bond motifs is 1. The lowest BCUT2D eigenvalue weighted by Crippen LogP contribution is -2.37. The number of rotatable bonds is 6. The fraction of sp³-hybridized carbons (Fsp3) is 0.500. The van der Waals surface area contributed by atoms with E-state index in [-0.39, 0.29) is 0 Å². The quantitative estimate of drug-likeness (QED) is 0.759. The number of ether oxygens (including phenoxy) is 2. The van der Waals surface area contributed by atoms with Crippen LogP contribution >= 0.6 is 0 Å². The Hall–Kier alpha value is -1.88. The highest BCUT2D eigenvalue weighted by atomic mass is 19.1. The molecule has 124 valence electrons. The minimum Gasteiger partial charge on any atom is -0.493 e. The number of alkyl halides is 1. The van der Waals surface area contributed by atoms with E-state index in [1.807, 2.05) is 29.2 Å². The molecule has 0 saturated carbocycles. The number of methoxy groups -OCH3 is 1. The minimum atomic E-state index is -0.931. The lowest BCUT2D eigenvalue weighted by atomic mass is 10.1. The largest absolute Gasteiger partial charge is 0.493 e. The van der Waals surface area contributed by atoms with E-state index < -0.39 is 6.30 Å². The van der Waals surface area contributed by atoms with Crippen LogP contribution in [-0.2, 0) is 0 Å². The topological polar surface area (TPSA) is 34.6 Å². The third-order valence-corrected chi connectivity index (χ3v) is 4.29. The van der Waals surface area contributed by atoms with Crippen molar-refractivity contribution in [3.05, 3.63) is 30.5 Å². The van der Waals surface area contributed by atoms with Crippen LogP contribution < -0.4 is 9.47 Å². The summed E-state index contributed by atoms with van der Waals surface area (Å²) < 4.78 is 25.4. The molecule has 1 unspecified atom stereocenters. The summed E-state index contributed by atoms with van der Waals surface area (Å²) in [6.07, 6.45) is 4.56. The number of hydrogen-bond acceptors (Lipinski definition) is 4. The Morgan fingerprint density at radius 3 is 2.83 bits per heavy atom. The summed E-state index contributed by atoms with van der Waals surface area (Å²) in [6, 6.07) is 7.61. The summed E-state index contributed by atoms with van der Waals surface area (Å²) in [5.41, 5.74) is 0.844. The Morgan fingerprint density at radius 2 is 2.04 bits per heavy atom. The average molecular weight is 318 g/mol. The molecule has 2 heterocycles. The number of aromatic nitrogens is 1. The molecule has 0 radical (unpaired) electrons. The highest BCUT2D eigenvalue weighted by molar-refractivity contribution is 5.82. The number of piperidine rings is 1. The van der Waals surface area contributed by atoms with E-state index >= 15 is 0 Å². The second-order valence-electron chi connectivity index (χ2n) is 5.87. The molecule has 0 bridgehead atoms. The van der Waals surface area contributed by atoms with E-state index in [1.165, 1.54) is 6.42 Å². The maximum atomic E-state index is 14.2. The zero-order chi connectivity index (χ0) is 16.1. The number of pyridine rings is 1. The lowest BCUT2D eigenvalue weighted by molar-refractivity contribution is 0.0462. The Morgan fingerprint density at radius 1 is 1.22 bits per heavy atom. The van der Waals surface area contributed by atoms with Crippen LogP contribution in [0.25, 0.3) is 10.9 Å². The first-order chi connectivity index (χ1) is 11.3. The Kier molecular flexibility index (Phi) is 5.28. The molecule has 1 saturated heterocycles. The summed E-state index contributed by atoms with van der Waals surface area (Å²) in [5, 5.41) is 0.994. The zero-order valence-electron chi connectivity index (χ0n) is 13.5. The van der Waals surface area contributed by atoms with Crippen LogP contribution in [0.2, 0.25) is 0 Å². The second kappa shape index (κ2) is 7.59. The molecule has 4 nitrogen and oxygen atoms in total. The predicted octanol–water partition coefficient (Wildman–Crippen LogP) is 3.79. The highest BCUT2D eigenvalue weighted by Crippen LogP contribution is 2.31. The predicted molar refractivity (Wildman–Crippen MR) is 88.7 cm³/mol. The molecule has 1 aliphatic rings. The molecule has 0 aliphatic carbocycles. The van der Waals surface area contributed by atoms with Crippen molar-refractivity contribution in [2.45, 2.75) is 32.0 Å². The standard InChI is InChI=1S/C18H23FN2O2/c1-22-16-12-14-6-5-8-20-15(14)13-17(16)23-11-7-18(19)21-9-3-2-4-10-21/h5-6,8,12-13,18H,2-4,7,9-11H2,1H3. The molecule has 2 aromatic rings. The summed E-state index contributed by atoms with van der Waals surface area (Å²) in [4.78, 5) is 6.22. The van der Waals surface area contributed by atoms with Gasteiger partial charge in [0.05, 0.1) is 19.2 Å². The van der Waals surface area contributed by atoms with Crippen LogP contribution in [0.3, 0.4) is 0 Å². The Labute approximate surface area is 136 Å². The Bertz CT molecular complexity index is 644. The van der Waals surface area contributed by atoms with Gasteiger partial charge >= 0.3 is 0 Å². The van der Waals surface area contributed by atoms with Crippen LogP contribution in [-0.4, -0.2) is 43.0 Å². The molecule has 1 fully saturated rings. The molecule has 1 atom stereocenters. The first kappa shape index (κ1) is 16.0. The van der Waals surface area contributed by atoms with Gasteiger partial charge in [0.25, 0.3) is 0 Å². The van der Waals surface area contributed by atoms with Gasteiger partial charge in [-0.05, 0) is 25.0 Å². The van der Waals surface area contributed by atoms with Gasteiger partial charge in [-0.1, -0.05) is 12.5 Å². The van der Waals surface area contributed by atoms with Crippen molar-refractivity contribution in [3.8, 4) is 11.5 Å². The number of likely N-dealkylation sites (tertiary alicyclic amines) is 1. The average Bonchev–Trinajstić information content (AvgIpc) is 2.61. The molecule has 0 spiro atoms. The highest BCUT2D eigenvalue weighted by Gasteiger charge is 2.20. The van der Waals surface area contributed by atoms with E-state index in [2.05, 4.69) is 4.98 Å². The van der Waals surface area contributed by atoms with Crippen molar-refractivity contribution >= 4 is 10.9 Å². The van der Waals surface area contributed by atoms with Crippen LogP contribution in [0.5, 0.6) is 11.5 Å². The summed E-state index contributed by atoms with van der Waals surface area (Å²) >= 11 is 0. The van der Waals surface area contributed by atoms with Crippen molar-refractivity contribution in [1.29, 1.82) is 0 Å². The van der Waals surface area contributed by atoms with Crippen LogP contribution in [0.1, 0.15) is 25.7 Å². The van der Waals surface area contributed by atoms with Gasteiger partial charge in [0.15, 0.2) is 17.8 Å². The second-order valence-corrected chi connectivity index (χ2v) is 5.87.